The van der Waals surface area contributed by atoms with Crippen LogP contribution in [0.25, 0.3) is 16.2 Å². The number of pyridine rings is 1. The molecule has 142 valence electrons. The van der Waals surface area contributed by atoms with Gasteiger partial charge in [0.15, 0.2) is 4.88 Å². The number of hydrogen-bond acceptors (Lipinski definition) is 5. The van der Waals surface area contributed by atoms with Crippen molar-refractivity contribution >= 4 is 34.6 Å². The molecule has 0 spiro atoms. The highest BCUT2D eigenvalue weighted by Crippen LogP contribution is 2.39. The largest absolute Gasteiger partial charge is 0.484 e. The maximum atomic E-state index is 12.3. The Balaban J connectivity index is 1.74. The summed E-state index contributed by atoms with van der Waals surface area (Å²) in [6.07, 6.45) is 3.38. The Labute approximate surface area is 171 Å². The van der Waals surface area contributed by atoms with Crippen LogP contribution in [0.3, 0.4) is 0 Å². The first-order valence-corrected chi connectivity index (χ1v) is 9.83. The molecule has 0 unspecified atom stereocenters. The molecular formula is C21H17ClN2O3S. The Morgan fingerprint density at radius 1 is 1.21 bits per heavy atom. The normalized spacial score (nSPS) is 12.1. The average Bonchev–Trinajstić information content (AvgIpc) is 3.31. The van der Waals surface area contributed by atoms with Crippen LogP contribution >= 0.6 is 22.9 Å². The van der Waals surface area contributed by atoms with Crippen LogP contribution in [0.15, 0.2) is 60.9 Å². The zero-order valence-corrected chi connectivity index (χ0v) is 16.8. The smallest absolute Gasteiger partial charge is 0.351 e. The number of nitrogens with zero attached hydrogens (tertiary/aromatic N) is 2. The molecule has 0 fully saturated rings. The summed E-state index contributed by atoms with van der Waals surface area (Å²) < 4.78 is 13.0. The van der Waals surface area contributed by atoms with Crippen molar-refractivity contribution < 1.29 is 14.3 Å². The van der Waals surface area contributed by atoms with E-state index in [1.807, 2.05) is 66.1 Å². The fourth-order valence-corrected chi connectivity index (χ4v) is 4.30. The molecule has 0 saturated heterocycles. The second-order valence-corrected chi connectivity index (χ2v) is 7.61. The van der Waals surface area contributed by atoms with Gasteiger partial charge >= 0.3 is 5.97 Å². The van der Waals surface area contributed by atoms with Crippen molar-refractivity contribution in [2.75, 3.05) is 7.11 Å². The first-order valence-electron chi connectivity index (χ1n) is 8.64. The van der Waals surface area contributed by atoms with E-state index < -0.39 is 5.97 Å². The highest BCUT2D eigenvalue weighted by Gasteiger charge is 2.23. The quantitative estimate of drug-likeness (QED) is 0.398. The highest BCUT2D eigenvalue weighted by atomic mass is 35.5. The second kappa shape index (κ2) is 7.66. The van der Waals surface area contributed by atoms with Crippen LogP contribution in [0.1, 0.15) is 28.3 Å². The van der Waals surface area contributed by atoms with Gasteiger partial charge in [0.2, 0.25) is 0 Å². The Hall–Kier alpha value is -2.83. The van der Waals surface area contributed by atoms with E-state index in [0.717, 1.165) is 21.8 Å². The third-order valence-corrected chi connectivity index (χ3v) is 5.85. The van der Waals surface area contributed by atoms with E-state index in [1.165, 1.54) is 18.4 Å². The van der Waals surface area contributed by atoms with E-state index in [4.69, 9.17) is 21.1 Å². The summed E-state index contributed by atoms with van der Waals surface area (Å²) in [7, 11) is 1.36. The maximum absolute atomic E-state index is 12.3. The van der Waals surface area contributed by atoms with Gasteiger partial charge in [-0.25, -0.2) is 9.78 Å². The number of ether oxygens (including phenoxy) is 2. The van der Waals surface area contributed by atoms with Gasteiger partial charge in [-0.05, 0) is 25.1 Å². The predicted octanol–water partition coefficient (Wildman–Crippen LogP) is 5.64. The Kier molecular flexibility index (Phi) is 5.07. The molecule has 0 aliphatic rings. The number of imidazole rings is 1. The standard InChI is InChI=1S/C21H17ClN2O3S/c1-13(14-7-3-4-8-15(14)22)27-17-11-18(28-20(17)21(25)26-2)16-12-23-19-9-5-6-10-24(16)19/h3-13H,1-2H3/t13-/m0/s1. The minimum absolute atomic E-state index is 0.332. The van der Waals surface area contributed by atoms with Crippen LogP contribution in [-0.2, 0) is 4.74 Å². The number of rotatable bonds is 5. The average molecular weight is 413 g/mol. The predicted molar refractivity (Wildman–Crippen MR) is 110 cm³/mol. The Morgan fingerprint density at radius 3 is 2.79 bits per heavy atom. The first kappa shape index (κ1) is 18.5. The second-order valence-electron chi connectivity index (χ2n) is 6.15. The lowest BCUT2D eigenvalue weighted by molar-refractivity contribution is 0.0600. The van der Waals surface area contributed by atoms with Gasteiger partial charge in [-0.2, -0.15) is 0 Å². The number of esters is 1. The molecular weight excluding hydrogens is 396 g/mol. The molecule has 3 heterocycles. The summed E-state index contributed by atoms with van der Waals surface area (Å²) in [5.74, 6) is 0.0246. The van der Waals surface area contributed by atoms with Crippen LogP contribution in [0.2, 0.25) is 5.02 Å². The van der Waals surface area contributed by atoms with Gasteiger partial charge in [-0.15, -0.1) is 11.3 Å². The topological polar surface area (TPSA) is 52.8 Å². The summed E-state index contributed by atoms with van der Waals surface area (Å²) in [5, 5.41) is 0.617. The first-order chi connectivity index (χ1) is 13.6. The van der Waals surface area contributed by atoms with Gasteiger partial charge in [0, 0.05) is 22.8 Å². The SMILES string of the molecule is COC(=O)c1sc(-c2cnc3ccccn23)cc1O[C@@H](C)c1ccccc1Cl. The molecule has 0 radical (unpaired) electrons. The van der Waals surface area contributed by atoms with Gasteiger partial charge in [-0.3, -0.25) is 4.40 Å². The minimum atomic E-state index is -0.438. The highest BCUT2D eigenvalue weighted by molar-refractivity contribution is 7.17. The van der Waals surface area contributed by atoms with Crippen molar-refractivity contribution in [2.24, 2.45) is 0 Å². The van der Waals surface area contributed by atoms with Crippen LogP contribution in [0, 0.1) is 0 Å². The van der Waals surface area contributed by atoms with E-state index in [2.05, 4.69) is 4.98 Å². The van der Waals surface area contributed by atoms with Crippen LogP contribution < -0.4 is 4.74 Å². The van der Waals surface area contributed by atoms with Gasteiger partial charge in [-0.1, -0.05) is 35.9 Å². The number of carbonyl (C=O) groups excluding carboxylic acids is 1. The minimum Gasteiger partial charge on any atom is -0.484 e. The molecule has 4 rings (SSSR count). The van der Waals surface area contributed by atoms with Crippen LogP contribution in [0.4, 0.5) is 0 Å². The summed E-state index contributed by atoms with van der Waals surface area (Å²) in [6, 6.07) is 15.1. The van der Waals surface area contributed by atoms with Gasteiger partial charge in [0.25, 0.3) is 0 Å². The molecule has 0 N–H and O–H groups in total. The lowest BCUT2D eigenvalue weighted by Gasteiger charge is -2.16. The fraction of sp³-hybridized carbons (Fsp3) is 0.143. The van der Waals surface area contributed by atoms with E-state index in [-0.39, 0.29) is 6.10 Å². The number of methoxy groups -OCH3 is 1. The van der Waals surface area contributed by atoms with Crippen molar-refractivity contribution in [3.05, 3.63) is 76.4 Å². The zero-order valence-electron chi connectivity index (χ0n) is 15.3. The Bertz CT molecular complexity index is 1150. The number of hydrogen-bond donors (Lipinski definition) is 0. The lowest BCUT2D eigenvalue weighted by Crippen LogP contribution is -2.07. The summed E-state index contributed by atoms with van der Waals surface area (Å²) in [6.45, 7) is 1.90. The fourth-order valence-electron chi connectivity index (χ4n) is 3.00. The molecule has 28 heavy (non-hydrogen) atoms. The van der Waals surface area contributed by atoms with Crippen LogP contribution in [-0.4, -0.2) is 22.5 Å². The molecule has 0 aliphatic carbocycles. The van der Waals surface area contributed by atoms with E-state index >= 15 is 0 Å². The summed E-state index contributed by atoms with van der Waals surface area (Å²) >= 11 is 7.60. The van der Waals surface area contributed by atoms with E-state index in [9.17, 15) is 4.79 Å². The molecule has 0 amide bonds. The van der Waals surface area contributed by atoms with Gasteiger partial charge < -0.3 is 9.47 Å². The van der Waals surface area contributed by atoms with Crippen molar-refractivity contribution in [3.8, 4) is 16.3 Å². The molecule has 5 nitrogen and oxygen atoms in total. The third kappa shape index (κ3) is 3.37. The molecule has 3 aromatic heterocycles. The molecule has 0 aliphatic heterocycles. The number of benzene rings is 1. The monoisotopic (exact) mass is 412 g/mol. The lowest BCUT2D eigenvalue weighted by atomic mass is 10.1. The van der Waals surface area contributed by atoms with E-state index in [1.54, 1.807) is 6.20 Å². The third-order valence-electron chi connectivity index (χ3n) is 4.39. The molecule has 4 aromatic rings. The molecule has 1 aromatic carbocycles. The van der Waals surface area contributed by atoms with Gasteiger partial charge in [0.1, 0.15) is 17.5 Å². The number of aromatic nitrogens is 2. The van der Waals surface area contributed by atoms with Crippen molar-refractivity contribution in [3.63, 3.8) is 0 Å². The Morgan fingerprint density at radius 2 is 2.00 bits per heavy atom. The number of fused-ring (bicyclic) bond motifs is 1. The van der Waals surface area contributed by atoms with Crippen molar-refractivity contribution in [1.29, 1.82) is 0 Å². The molecule has 0 bridgehead atoms. The number of halogens is 1. The molecule has 0 saturated carbocycles. The van der Waals surface area contributed by atoms with Crippen LogP contribution in [0.5, 0.6) is 5.75 Å². The summed E-state index contributed by atoms with van der Waals surface area (Å²) in [5.41, 5.74) is 2.56. The number of thiophene rings is 1. The van der Waals surface area contributed by atoms with Gasteiger partial charge in [0.05, 0.1) is 23.9 Å². The van der Waals surface area contributed by atoms with Crippen molar-refractivity contribution in [1.82, 2.24) is 9.38 Å². The zero-order chi connectivity index (χ0) is 19.7. The number of carbonyl (C=O) groups is 1. The van der Waals surface area contributed by atoms with Crippen molar-refractivity contribution in [2.45, 2.75) is 13.0 Å². The maximum Gasteiger partial charge on any atom is 0.351 e. The molecule has 1 atom stereocenters. The summed E-state index contributed by atoms with van der Waals surface area (Å²) in [4.78, 5) is 18.0. The molecule has 7 heteroatoms. The van der Waals surface area contributed by atoms with E-state index in [0.29, 0.717) is 15.6 Å².